The zero-order valence-corrected chi connectivity index (χ0v) is 18.3. The molecule has 1 atom stereocenters. The Bertz CT molecular complexity index is 864. The van der Waals surface area contributed by atoms with Gasteiger partial charge in [-0.3, -0.25) is 9.59 Å². The molecule has 0 spiro atoms. The molecule has 1 saturated heterocycles. The van der Waals surface area contributed by atoms with Crippen molar-refractivity contribution in [1.29, 1.82) is 0 Å². The molecular formula is C23H29ClN4O2. The van der Waals surface area contributed by atoms with Crippen LogP contribution in [-0.2, 0) is 11.3 Å². The summed E-state index contributed by atoms with van der Waals surface area (Å²) in [7, 11) is 0. The molecule has 2 heterocycles. The number of nitrogens with one attached hydrogen (secondary N) is 2. The number of carbonyl (C=O) groups excluding carboxylic acids is 2. The van der Waals surface area contributed by atoms with Crippen LogP contribution in [0, 0.1) is 5.92 Å². The number of anilines is 1. The molecule has 1 aliphatic rings. The number of amides is 2. The molecule has 1 unspecified atom stereocenters. The number of pyridine rings is 1. The Hall–Kier alpha value is -2.60. The molecule has 2 amide bonds. The van der Waals surface area contributed by atoms with Gasteiger partial charge in [0.25, 0.3) is 5.91 Å². The Labute approximate surface area is 183 Å². The minimum atomic E-state index is -0.604. The second kappa shape index (κ2) is 10.4. The van der Waals surface area contributed by atoms with E-state index in [1.54, 1.807) is 30.5 Å². The summed E-state index contributed by atoms with van der Waals surface area (Å²) in [5.41, 5.74) is 1.47. The van der Waals surface area contributed by atoms with Crippen molar-refractivity contribution in [3.63, 3.8) is 0 Å². The van der Waals surface area contributed by atoms with Crippen LogP contribution in [0.5, 0.6) is 0 Å². The van der Waals surface area contributed by atoms with Gasteiger partial charge >= 0.3 is 0 Å². The van der Waals surface area contributed by atoms with Crippen LogP contribution >= 0.6 is 11.6 Å². The topological polar surface area (TPSA) is 74.3 Å². The third kappa shape index (κ3) is 6.20. The van der Waals surface area contributed by atoms with Crippen LogP contribution in [0.2, 0.25) is 5.02 Å². The summed E-state index contributed by atoms with van der Waals surface area (Å²) in [4.78, 5) is 32.1. The average molecular weight is 429 g/mol. The molecule has 2 N–H and O–H groups in total. The lowest BCUT2D eigenvalue weighted by atomic mass is 10.0. The van der Waals surface area contributed by atoms with Crippen molar-refractivity contribution in [2.75, 3.05) is 18.0 Å². The molecule has 7 heteroatoms. The van der Waals surface area contributed by atoms with E-state index in [2.05, 4.69) is 20.5 Å². The molecule has 0 saturated carbocycles. The summed E-state index contributed by atoms with van der Waals surface area (Å²) in [6.45, 7) is 6.50. The summed E-state index contributed by atoms with van der Waals surface area (Å²) in [6.07, 6.45) is 4.71. The van der Waals surface area contributed by atoms with Gasteiger partial charge in [-0.25, -0.2) is 4.98 Å². The second-order valence-corrected chi connectivity index (χ2v) is 8.53. The number of hydrogen-bond acceptors (Lipinski definition) is 4. The van der Waals surface area contributed by atoms with Crippen LogP contribution in [0.25, 0.3) is 0 Å². The van der Waals surface area contributed by atoms with Gasteiger partial charge < -0.3 is 15.5 Å². The van der Waals surface area contributed by atoms with Crippen molar-refractivity contribution in [3.05, 3.63) is 58.7 Å². The highest BCUT2D eigenvalue weighted by Crippen LogP contribution is 2.18. The highest BCUT2D eigenvalue weighted by atomic mass is 35.5. The number of aromatic nitrogens is 1. The molecule has 0 radical (unpaired) electrons. The summed E-state index contributed by atoms with van der Waals surface area (Å²) in [5, 5.41) is 6.39. The molecule has 6 nitrogen and oxygen atoms in total. The molecule has 0 aliphatic carbocycles. The van der Waals surface area contributed by atoms with E-state index >= 15 is 0 Å². The van der Waals surface area contributed by atoms with Crippen molar-refractivity contribution < 1.29 is 9.59 Å². The third-order valence-corrected chi connectivity index (χ3v) is 5.39. The minimum Gasteiger partial charge on any atom is -0.357 e. The molecule has 3 rings (SSSR count). The lowest BCUT2D eigenvalue weighted by Crippen LogP contribution is -2.47. The van der Waals surface area contributed by atoms with E-state index in [0.29, 0.717) is 23.6 Å². The van der Waals surface area contributed by atoms with Gasteiger partial charge in [-0.05, 0) is 67.1 Å². The Morgan fingerprint density at radius 3 is 2.50 bits per heavy atom. The first-order chi connectivity index (χ1) is 14.4. The van der Waals surface area contributed by atoms with Crippen molar-refractivity contribution >= 4 is 29.2 Å². The van der Waals surface area contributed by atoms with Crippen LogP contribution < -0.4 is 15.5 Å². The van der Waals surface area contributed by atoms with E-state index in [1.807, 2.05) is 26.0 Å². The van der Waals surface area contributed by atoms with Gasteiger partial charge in [0.05, 0.1) is 0 Å². The standard InChI is InChI=1S/C23H29ClN4O2/c1-16(2)13-20(27-22(29)18-5-7-19(24)8-6-18)23(30)26-15-17-9-10-25-21(14-17)28-11-3-4-12-28/h5-10,14,16,20H,3-4,11-13,15H2,1-2H3,(H,26,30)(H,27,29). The van der Waals surface area contributed by atoms with E-state index in [9.17, 15) is 9.59 Å². The van der Waals surface area contributed by atoms with Crippen LogP contribution in [0.4, 0.5) is 5.82 Å². The van der Waals surface area contributed by atoms with Gasteiger partial charge in [-0.1, -0.05) is 25.4 Å². The van der Waals surface area contributed by atoms with Crippen molar-refractivity contribution in [1.82, 2.24) is 15.6 Å². The number of halogens is 1. The molecule has 30 heavy (non-hydrogen) atoms. The summed E-state index contributed by atoms with van der Waals surface area (Å²) < 4.78 is 0. The normalized spacial score (nSPS) is 14.6. The first-order valence-electron chi connectivity index (χ1n) is 10.5. The van der Waals surface area contributed by atoms with Gasteiger partial charge in [0, 0.05) is 36.4 Å². The molecule has 1 aromatic heterocycles. The maximum absolute atomic E-state index is 12.8. The van der Waals surface area contributed by atoms with E-state index < -0.39 is 6.04 Å². The van der Waals surface area contributed by atoms with Crippen molar-refractivity contribution in [2.45, 2.75) is 45.7 Å². The Morgan fingerprint density at radius 1 is 1.13 bits per heavy atom. The molecule has 160 valence electrons. The van der Waals surface area contributed by atoms with Gasteiger partial charge in [0.2, 0.25) is 5.91 Å². The average Bonchev–Trinajstić information content (AvgIpc) is 3.27. The highest BCUT2D eigenvalue weighted by Gasteiger charge is 2.22. The first-order valence-corrected chi connectivity index (χ1v) is 10.8. The fourth-order valence-corrected chi connectivity index (χ4v) is 3.67. The SMILES string of the molecule is CC(C)CC(NC(=O)c1ccc(Cl)cc1)C(=O)NCc1ccnc(N2CCCC2)c1. The molecule has 2 aromatic rings. The van der Waals surface area contributed by atoms with E-state index in [4.69, 9.17) is 11.6 Å². The van der Waals surface area contributed by atoms with Crippen LogP contribution in [0.1, 0.15) is 49.0 Å². The van der Waals surface area contributed by atoms with Gasteiger partial charge in [-0.2, -0.15) is 0 Å². The van der Waals surface area contributed by atoms with E-state index in [1.165, 1.54) is 12.8 Å². The monoisotopic (exact) mass is 428 g/mol. The second-order valence-electron chi connectivity index (χ2n) is 8.10. The van der Waals surface area contributed by atoms with Gasteiger partial charge in [-0.15, -0.1) is 0 Å². The lowest BCUT2D eigenvalue weighted by molar-refractivity contribution is -0.123. The molecular weight excluding hydrogens is 400 g/mol. The smallest absolute Gasteiger partial charge is 0.251 e. The van der Waals surface area contributed by atoms with Gasteiger partial charge in [0.1, 0.15) is 11.9 Å². The number of benzene rings is 1. The van der Waals surface area contributed by atoms with E-state index in [-0.39, 0.29) is 17.7 Å². The van der Waals surface area contributed by atoms with Crippen LogP contribution in [0.15, 0.2) is 42.6 Å². The predicted molar refractivity (Wildman–Crippen MR) is 120 cm³/mol. The highest BCUT2D eigenvalue weighted by molar-refractivity contribution is 6.30. The Balaban J connectivity index is 1.61. The first kappa shape index (κ1) is 22.1. The quantitative estimate of drug-likeness (QED) is 0.670. The fourth-order valence-electron chi connectivity index (χ4n) is 3.55. The summed E-state index contributed by atoms with van der Waals surface area (Å²) in [5.74, 6) is 0.737. The van der Waals surface area contributed by atoms with Gasteiger partial charge in [0.15, 0.2) is 0 Å². The molecule has 0 bridgehead atoms. The maximum atomic E-state index is 12.8. The Kier molecular flexibility index (Phi) is 7.69. The molecule has 1 aliphatic heterocycles. The number of rotatable bonds is 8. The summed E-state index contributed by atoms with van der Waals surface area (Å²) in [6, 6.07) is 9.95. The van der Waals surface area contributed by atoms with E-state index in [0.717, 1.165) is 24.5 Å². The zero-order chi connectivity index (χ0) is 21.5. The zero-order valence-electron chi connectivity index (χ0n) is 17.5. The third-order valence-electron chi connectivity index (χ3n) is 5.14. The number of nitrogens with zero attached hydrogens (tertiary/aromatic N) is 2. The molecule has 1 fully saturated rings. The number of carbonyl (C=O) groups is 2. The minimum absolute atomic E-state index is 0.189. The predicted octanol–water partition coefficient (Wildman–Crippen LogP) is 3.80. The largest absolute Gasteiger partial charge is 0.357 e. The van der Waals surface area contributed by atoms with Crippen LogP contribution in [-0.4, -0.2) is 35.9 Å². The lowest BCUT2D eigenvalue weighted by Gasteiger charge is -2.21. The van der Waals surface area contributed by atoms with Crippen molar-refractivity contribution in [3.8, 4) is 0 Å². The molecule has 1 aromatic carbocycles. The fraction of sp³-hybridized carbons (Fsp3) is 0.435. The van der Waals surface area contributed by atoms with Crippen LogP contribution in [0.3, 0.4) is 0 Å². The Morgan fingerprint density at radius 2 is 1.83 bits per heavy atom. The number of hydrogen-bond donors (Lipinski definition) is 2. The maximum Gasteiger partial charge on any atom is 0.251 e. The summed E-state index contributed by atoms with van der Waals surface area (Å²) >= 11 is 5.89. The van der Waals surface area contributed by atoms with Crippen molar-refractivity contribution in [2.24, 2.45) is 5.92 Å².